The molecule has 4 heteroatoms. The second-order valence-electron chi connectivity index (χ2n) is 4.24. The van der Waals surface area contributed by atoms with Crippen LogP contribution in [-0.2, 0) is 4.79 Å². The fourth-order valence-electron chi connectivity index (χ4n) is 2.10. The third-order valence-electron chi connectivity index (χ3n) is 3.18. The van der Waals surface area contributed by atoms with E-state index >= 15 is 0 Å². The van der Waals surface area contributed by atoms with E-state index in [4.69, 9.17) is 5.11 Å². The first-order chi connectivity index (χ1) is 7.18. The zero-order chi connectivity index (χ0) is 10.8. The van der Waals surface area contributed by atoms with Crippen molar-refractivity contribution in [2.75, 3.05) is 0 Å². The van der Waals surface area contributed by atoms with Crippen LogP contribution in [0.5, 0.6) is 0 Å². The minimum atomic E-state index is -0.813. The second kappa shape index (κ2) is 4.04. The summed E-state index contributed by atoms with van der Waals surface area (Å²) in [4.78, 5) is 14.9. The number of carbonyl (C=O) groups is 1. The molecule has 1 fully saturated rings. The van der Waals surface area contributed by atoms with Gasteiger partial charge in [0, 0.05) is 12.2 Å². The Labute approximate surface area is 88.9 Å². The van der Waals surface area contributed by atoms with Crippen molar-refractivity contribution in [2.24, 2.45) is 0 Å². The lowest BCUT2D eigenvalue weighted by Gasteiger charge is -2.09. The molecule has 0 bridgehead atoms. The van der Waals surface area contributed by atoms with Gasteiger partial charge in [-0.2, -0.15) is 0 Å². The van der Waals surface area contributed by atoms with Crippen molar-refractivity contribution in [2.45, 2.75) is 44.6 Å². The first kappa shape index (κ1) is 10.2. The Bertz CT molecular complexity index is 353. The summed E-state index contributed by atoms with van der Waals surface area (Å²) in [6, 6.07) is 0.534. The monoisotopic (exact) mass is 208 g/mol. The molecule has 0 spiro atoms. The molecule has 1 N–H and O–H groups in total. The maximum absolute atomic E-state index is 10.8. The van der Waals surface area contributed by atoms with Gasteiger partial charge in [0.1, 0.15) is 0 Å². The molecule has 1 aromatic heterocycles. The fraction of sp³-hybridized carbons (Fsp3) is 0.636. The van der Waals surface area contributed by atoms with Crippen LogP contribution in [0.25, 0.3) is 0 Å². The molecule has 82 valence electrons. The summed E-state index contributed by atoms with van der Waals surface area (Å²) < 4.78 is 2.07. The van der Waals surface area contributed by atoms with Gasteiger partial charge in [-0.1, -0.05) is 12.8 Å². The predicted octanol–water partition coefficient (Wildman–Crippen LogP) is 2.19. The van der Waals surface area contributed by atoms with Gasteiger partial charge < -0.3 is 9.67 Å². The van der Waals surface area contributed by atoms with Crippen LogP contribution in [0.4, 0.5) is 0 Å². The molecule has 2 rings (SSSR count). The molecule has 1 aliphatic carbocycles. The van der Waals surface area contributed by atoms with Crippen LogP contribution in [-0.4, -0.2) is 20.6 Å². The summed E-state index contributed by atoms with van der Waals surface area (Å²) in [5.74, 6) is -1.32. The van der Waals surface area contributed by atoms with Crippen LogP contribution in [0, 0.1) is 0 Å². The van der Waals surface area contributed by atoms with Crippen molar-refractivity contribution in [3.63, 3.8) is 0 Å². The number of nitrogens with zero attached hydrogens (tertiary/aromatic N) is 2. The number of hydrogen-bond donors (Lipinski definition) is 1. The third-order valence-corrected chi connectivity index (χ3v) is 3.18. The molecule has 1 aliphatic rings. The lowest BCUT2D eigenvalue weighted by Crippen LogP contribution is -2.08. The predicted molar refractivity (Wildman–Crippen MR) is 55.8 cm³/mol. The minimum absolute atomic E-state index is 0.507. The largest absolute Gasteiger partial charge is 0.481 e. The summed E-state index contributed by atoms with van der Waals surface area (Å²) in [6.45, 7) is 1.67. The zero-order valence-electron chi connectivity index (χ0n) is 8.89. The average Bonchev–Trinajstić information content (AvgIpc) is 2.86. The highest BCUT2D eigenvalue weighted by Gasteiger charge is 2.20. The Kier molecular flexibility index (Phi) is 2.75. The van der Waals surface area contributed by atoms with Crippen LogP contribution in [0.1, 0.15) is 50.3 Å². The second-order valence-corrected chi connectivity index (χ2v) is 4.24. The molecule has 0 radical (unpaired) electrons. The van der Waals surface area contributed by atoms with Crippen molar-refractivity contribution in [1.29, 1.82) is 0 Å². The van der Waals surface area contributed by atoms with Crippen molar-refractivity contribution in [3.05, 3.63) is 18.2 Å². The highest BCUT2D eigenvalue weighted by atomic mass is 16.4. The summed E-state index contributed by atoms with van der Waals surface area (Å²) in [5, 5.41) is 8.86. The maximum Gasteiger partial charge on any atom is 0.312 e. The van der Waals surface area contributed by atoms with Crippen molar-refractivity contribution in [3.8, 4) is 0 Å². The molecule has 1 saturated carbocycles. The van der Waals surface area contributed by atoms with Gasteiger partial charge in [-0.3, -0.25) is 4.79 Å². The Hall–Kier alpha value is -1.32. The van der Waals surface area contributed by atoms with Crippen molar-refractivity contribution >= 4 is 5.97 Å². The minimum Gasteiger partial charge on any atom is -0.481 e. The Balaban J connectivity index is 2.12. The maximum atomic E-state index is 10.8. The molecule has 0 aliphatic heterocycles. The van der Waals surface area contributed by atoms with E-state index < -0.39 is 11.9 Å². The molecule has 0 aromatic carbocycles. The van der Waals surface area contributed by atoms with Gasteiger partial charge >= 0.3 is 5.97 Å². The van der Waals surface area contributed by atoms with E-state index in [1.54, 1.807) is 13.3 Å². The lowest BCUT2D eigenvalue weighted by molar-refractivity contribution is -0.138. The molecular formula is C11H16N2O2. The summed E-state index contributed by atoms with van der Waals surface area (Å²) in [5.41, 5.74) is 0.661. The van der Waals surface area contributed by atoms with E-state index in [9.17, 15) is 4.79 Å². The quantitative estimate of drug-likeness (QED) is 0.828. The molecule has 1 unspecified atom stereocenters. The van der Waals surface area contributed by atoms with Crippen LogP contribution < -0.4 is 0 Å². The number of rotatable bonds is 3. The number of carboxylic acids is 1. The molecule has 15 heavy (non-hydrogen) atoms. The first-order valence-electron chi connectivity index (χ1n) is 5.44. The number of aromatic nitrogens is 2. The zero-order valence-corrected chi connectivity index (χ0v) is 8.89. The highest BCUT2D eigenvalue weighted by molar-refractivity contribution is 5.74. The van der Waals surface area contributed by atoms with Gasteiger partial charge in [0.2, 0.25) is 0 Å². The molecular weight excluding hydrogens is 192 g/mol. The molecule has 0 amide bonds. The van der Waals surface area contributed by atoms with Gasteiger partial charge in [-0.25, -0.2) is 4.98 Å². The van der Waals surface area contributed by atoms with E-state index in [0.717, 1.165) is 0 Å². The van der Waals surface area contributed by atoms with Gasteiger partial charge in [0.05, 0.1) is 17.9 Å². The molecule has 1 atom stereocenters. The van der Waals surface area contributed by atoms with Gasteiger partial charge in [-0.15, -0.1) is 0 Å². The molecule has 0 saturated heterocycles. The van der Waals surface area contributed by atoms with Crippen molar-refractivity contribution in [1.82, 2.24) is 9.55 Å². The third kappa shape index (κ3) is 2.03. The van der Waals surface area contributed by atoms with Crippen LogP contribution in [0.2, 0.25) is 0 Å². The Morgan fingerprint density at radius 1 is 1.60 bits per heavy atom. The van der Waals surface area contributed by atoms with E-state index in [-0.39, 0.29) is 0 Å². The smallest absolute Gasteiger partial charge is 0.312 e. The molecule has 1 aromatic rings. The number of aliphatic carboxylic acids is 1. The topological polar surface area (TPSA) is 55.1 Å². The summed E-state index contributed by atoms with van der Waals surface area (Å²) in [6.07, 6.45) is 8.58. The summed E-state index contributed by atoms with van der Waals surface area (Å²) in [7, 11) is 0. The van der Waals surface area contributed by atoms with Crippen LogP contribution >= 0.6 is 0 Å². The average molecular weight is 208 g/mol. The van der Waals surface area contributed by atoms with E-state index in [1.807, 2.05) is 6.20 Å². The number of carboxylic acid groups (broad SMARTS) is 1. The molecule has 4 nitrogen and oxygen atoms in total. The highest BCUT2D eigenvalue weighted by Crippen LogP contribution is 2.29. The Morgan fingerprint density at radius 3 is 2.87 bits per heavy atom. The first-order valence-corrected chi connectivity index (χ1v) is 5.44. The Morgan fingerprint density at radius 2 is 2.27 bits per heavy atom. The standard InChI is InChI=1S/C11H16N2O2/c1-8(11(14)15)10-6-13(7-12-10)9-4-2-3-5-9/h6-9H,2-5H2,1H3,(H,14,15). The van der Waals surface area contributed by atoms with Crippen LogP contribution in [0.15, 0.2) is 12.5 Å². The van der Waals surface area contributed by atoms with Gasteiger partial charge in [0.15, 0.2) is 0 Å². The number of hydrogen-bond acceptors (Lipinski definition) is 2. The lowest BCUT2D eigenvalue weighted by atomic mass is 10.1. The number of imidazole rings is 1. The SMILES string of the molecule is CC(C(=O)O)c1cn(C2CCCC2)cn1. The van der Waals surface area contributed by atoms with Gasteiger partial charge in [-0.05, 0) is 19.8 Å². The van der Waals surface area contributed by atoms with Crippen molar-refractivity contribution < 1.29 is 9.90 Å². The fourth-order valence-corrected chi connectivity index (χ4v) is 2.10. The normalized spacial score (nSPS) is 19.3. The molecule has 1 heterocycles. The summed E-state index contributed by atoms with van der Waals surface area (Å²) >= 11 is 0. The van der Waals surface area contributed by atoms with E-state index in [1.165, 1.54) is 25.7 Å². The van der Waals surface area contributed by atoms with E-state index in [0.29, 0.717) is 11.7 Å². The van der Waals surface area contributed by atoms with Gasteiger partial charge in [0.25, 0.3) is 0 Å². The van der Waals surface area contributed by atoms with Crippen LogP contribution in [0.3, 0.4) is 0 Å². The van der Waals surface area contributed by atoms with E-state index in [2.05, 4.69) is 9.55 Å².